The van der Waals surface area contributed by atoms with E-state index in [4.69, 9.17) is 9.84 Å². The number of thioether (sulfide) groups is 1. The summed E-state index contributed by atoms with van der Waals surface area (Å²) in [6.45, 7) is 4.76. The molecule has 1 heterocycles. The highest BCUT2D eigenvalue weighted by molar-refractivity contribution is 8.04. The molecule has 2 amide bonds. The maximum Gasteiger partial charge on any atom is 0.267 e. The molecule has 6 heteroatoms. The van der Waals surface area contributed by atoms with E-state index in [1.54, 1.807) is 24.3 Å². The third-order valence-electron chi connectivity index (χ3n) is 3.36. The molecule has 0 atom stereocenters. The molecule has 0 aromatic heterocycles. The quantitative estimate of drug-likeness (QED) is 0.739. The summed E-state index contributed by atoms with van der Waals surface area (Å²) in [6.07, 6.45) is 0.714. The van der Waals surface area contributed by atoms with Gasteiger partial charge in [0.05, 0.1) is 23.7 Å². The first kappa shape index (κ1) is 17.6. The van der Waals surface area contributed by atoms with Gasteiger partial charge in [-0.1, -0.05) is 19.1 Å². The average molecular weight is 335 g/mol. The van der Waals surface area contributed by atoms with E-state index in [0.717, 1.165) is 5.75 Å². The fourth-order valence-corrected chi connectivity index (χ4v) is 3.28. The Hall–Kier alpha value is -1.79. The minimum absolute atomic E-state index is 0.0417. The van der Waals surface area contributed by atoms with E-state index in [9.17, 15) is 9.59 Å². The highest BCUT2D eigenvalue weighted by Crippen LogP contribution is 2.36. The molecule has 0 saturated heterocycles. The number of benzene rings is 1. The molecule has 0 spiro atoms. The van der Waals surface area contributed by atoms with Crippen molar-refractivity contribution in [2.75, 3.05) is 25.5 Å². The standard InChI is InChI=1S/C17H21NO4S/c1-3-9-18-16(20)14(15(17(18)21)23-11-10-19)12-5-7-13(8-6-12)22-4-2/h5-8,19H,3-4,9-11H2,1-2H3. The van der Waals surface area contributed by atoms with Crippen molar-refractivity contribution in [3.63, 3.8) is 0 Å². The maximum atomic E-state index is 12.6. The normalized spacial score (nSPS) is 14.8. The molecule has 1 aromatic rings. The van der Waals surface area contributed by atoms with Crippen molar-refractivity contribution in [1.29, 1.82) is 0 Å². The molecular weight excluding hydrogens is 314 g/mol. The van der Waals surface area contributed by atoms with Crippen LogP contribution in [0, 0.1) is 0 Å². The van der Waals surface area contributed by atoms with Gasteiger partial charge in [-0.15, -0.1) is 11.8 Å². The highest BCUT2D eigenvalue weighted by Gasteiger charge is 2.38. The SMILES string of the molecule is CCCN1C(=O)C(SCCO)=C(c2ccc(OCC)cc2)C1=O. The van der Waals surface area contributed by atoms with Gasteiger partial charge in [-0.3, -0.25) is 14.5 Å². The molecule has 0 radical (unpaired) electrons. The Morgan fingerprint density at radius 2 is 1.83 bits per heavy atom. The summed E-state index contributed by atoms with van der Waals surface area (Å²) in [7, 11) is 0. The number of hydrogen-bond acceptors (Lipinski definition) is 5. The predicted molar refractivity (Wildman–Crippen MR) is 91.1 cm³/mol. The molecule has 2 rings (SSSR count). The van der Waals surface area contributed by atoms with E-state index in [-0.39, 0.29) is 18.4 Å². The monoisotopic (exact) mass is 335 g/mol. The average Bonchev–Trinajstić information content (AvgIpc) is 2.79. The van der Waals surface area contributed by atoms with Crippen LogP contribution in [0.5, 0.6) is 5.75 Å². The van der Waals surface area contributed by atoms with E-state index in [0.29, 0.717) is 41.4 Å². The Morgan fingerprint density at radius 1 is 1.13 bits per heavy atom. The second-order valence-electron chi connectivity index (χ2n) is 5.00. The molecule has 1 N–H and O–H groups in total. The number of hydrogen-bond donors (Lipinski definition) is 1. The van der Waals surface area contributed by atoms with Gasteiger partial charge in [-0.2, -0.15) is 0 Å². The third-order valence-corrected chi connectivity index (χ3v) is 4.42. The first-order valence-electron chi connectivity index (χ1n) is 7.71. The van der Waals surface area contributed by atoms with Crippen LogP contribution in [-0.2, 0) is 9.59 Å². The van der Waals surface area contributed by atoms with Crippen LogP contribution in [0.4, 0.5) is 0 Å². The van der Waals surface area contributed by atoms with Gasteiger partial charge >= 0.3 is 0 Å². The zero-order chi connectivity index (χ0) is 16.8. The molecule has 124 valence electrons. The molecule has 0 unspecified atom stereocenters. The summed E-state index contributed by atoms with van der Waals surface area (Å²) < 4.78 is 5.41. The lowest BCUT2D eigenvalue weighted by molar-refractivity contribution is -0.136. The van der Waals surface area contributed by atoms with Crippen LogP contribution in [0.2, 0.25) is 0 Å². The fraction of sp³-hybridized carbons (Fsp3) is 0.412. The number of carbonyl (C=O) groups is 2. The van der Waals surface area contributed by atoms with E-state index >= 15 is 0 Å². The summed E-state index contributed by atoms with van der Waals surface area (Å²) in [5, 5.41) is 9.03. The van der Waals surface area contributed by atoms with Crippen molar-refractivity contribution in [3.8, 4) is 5.75 Å². The molecular formula is C17H21NO4S. The van der Waals surface area contributed by atoms with E-state index in [1.165, 1.54) is 16.7 Å². The van der Waals surface area contributed by atoms with Crippen LogP contribution >= 0.6 is 11.8 Å². The van der Waals surface area contributed by atoms with Crippen LogP contribution in [0.1, 0.15) is 25.8 Å². The van der Waals surface area contributed by atoms with Crippen molar-refractivity contribution in [1.82, 2.24) is 4.90 Å². The first-order valence-corrected chi connectivity index (χ1v) is 8.69. The summed E-state index contributed by atoms with van der Waals surface area (Å²) in [6, 6.07) is 7.17. The fourth-order valence-electron chi connectivity index (χ4n) is 2.40. The minimum Gasteiger partial charge on any atom is -0.494 e. The van der Waals surface area contributed by atoms with Gasteiger partial charge in [0.15, 0.2) is 0 Å². The van der Waals surface area contributed by atoms with Crippen LogP contribution in [0.15, 0.2) is 29.2 Å². The van der Waals surface area contributed by atoms with Gasteiger partial charge in [0, 0.05) is 12.3 Å². The predicted octanol–water partition coefficient (Wildman–Crippen LogP) is 2.30. The molecule has 0 fully saturated rings. The molecule has 0 saturated carbocycles. The number of nitrogens with zero attached hydrogens (tertiary/aromatic N) is 1. The number of aliphatic hydroxyl groups is 1. The second-order valence-corrected chi connectivity index (χ2v) is 6.10. The van der Waals surface area contributed by atoms with Crippen molar-refractivity contribution in [2.45, 2.75) is 20.3 Å². The van der Waals surface area contributed by atoms with Crippen molar-refractivity contribution >= 4 is 29.1 Å². The number of amides is 2. The smallest absolute Gasteiger partial charge is 0.267 e. The second kappa shape index (κ2) is 8.17. The molecule has 23 heavy (non-hydrogen) atoms. The van der Waals surface area contributed by atoms with Gasteiger partial charge in [0.1, 0.15) is 5.75 Å². The van der Waals surface area contributed by atoms with Gasteiger partial charge in [-0.05, 0) is 31.0 Å². The van der Waals surface area contributed by atoms with Crippen molar-refractivity contribution in [3.05, 3.63) is 34.7 Å². The summed E-state index contributed by atoms with van der Waals surface area (Å²) >= 11 is 1.23. The highest BCUT2D eigenvalue weighted by atomic mass is 32.2. The zero-order valence-electron chi connectivity index (χ0n) is 13.4. The van der Waals surface area contributed by atoms with E-state index in [2.05, 4.69) is 0 Å². The van der Waals surface area contributed by atoms with Crippen molar-refractivity contribution in [2.24, 2.45) is 0 Å². The minimum atomic E-state index is -0.265. The van der Waals surface area contributed by atoms with E-state index in [1.807, 2.05) is 13.8 Å². The molecule has 1 aromatic carbocycles. The Labute approximate surface area is 140 Å². The lowest BCUT2D eigenvalue weighted by Gasteiger charge is -2.13. The lowest BCUT2D eigenvalue weighted by atomic mass is 10.1. The molecule has 1 aliphatic rings. The summed E-state index contributed by atoms with van der Waals surface area (Å²) in [5.74, 6) is 0.582. The van der Waals surface area contributed by atoms with Crippen molar-refractivity contribution < 1.29 is 19.4 Å². The topological polar surface area (TPSA) is 66.8 Å². The van der Waals surface area contributed by atoms with Gasteiger partial charge in [-0.25, -0.2) is 0 Å². The Balaban J connectivity index is 2.37. The van der Waals surface area contributed by atoms with Gasteiger partial charge in [0.25, 0.3) is 11.8 Å². The summed E-state index contributed by atoms with van der Waals surface area (Å²) in [5.41, 5.74) is 1.12. The molecule has 0 bridgehead atoms. The largest absolute Gasteiger partial charge is 0.494 e. The summed E-state index contributed by atoms with van der Waals surface area (Å²) in [4.78, 5) is 26.8. The van der Waals surface area contributed by atoms with Crippen LogP contribution in [0.25, 0.3) is 5.57 Å². The molecule has 5 nitrogen and oxygen atoms in total. The van der Waals surface area contributed by atoms with Crippen LogP contribution < -0.4 is 4.74 Å². The number of carbonyl (C=O) groups excluding carboxylic acids is 2. The molecule has 1 aliphatic heterocycles. The first-order chi connectivity index (χ1) is 11.1. The Bertz CT molecular complexity index is 610. The number of aliphatic hydroxyl groups excluding tert-OH is 1. The van der Waals surface area contributed by atoms with Crippen LogP contribution in [0.3, 0.4) is 0 Å². The van der Waals surface area contributed by atoms with E-state index < -0.39 is 0 Å². The number of ether oxygens (including phenoxy) is 1. The number of imide groups is 1. The van der Waals surface area contributed by atoms with Gasteiger partial charge < -0.3 is 9.84 Å². The molecule has 0 aliphatic carbocycles. The van der Waals surface area contributed by atoms with Crippen LogP contribution in [-0.4, -0.2) is 47.3 Å². The Morgan fingerprint density at radius 3 is 2.39 bits per heavy atom. The van der Waals surface area contributed by atoms with Gasteiger partial charge in [0.2, 0.25) is 0 Å². The maximum absolute atomic E-state index is 12.6. The number of rotatable bonds is 8. The zero-order valence-corrected chi connectivity index (χ0v) is 14.2. The Kier molecular flexibility index (Phi) is 6.24. The lowest BCUT2D eigenvalue weighted by Crippen LogP contribution is -2.32. The third kappa shape index (κ3) is 3.76.